The van der Waals surface area contributed by atoms with E-state index < -0.39 is 0 Å². The molecule has 136 valence electrons. The van der Waals surface area contributed by atoms with Crippen LogP contribution in [0.2, 0.25) is 0 Å². The molecule has 1 saturated carbocycles. The summed E-state index contributed by atoms with van der Waals surface area (Å²) in [5.41, 5.74) is 7.27. The van der Waals surface area contributed by atoms with E-state index in [1.807, 2.05) is 0 Å². The summed E-state index contributed by atoms with van der Waals surface area (Å²) >= 11 is 0. The molecule has 3 N–H and O–H groups in total. The quantitative estimate of drug-likeness (QED) is 0.786. The number of amides is 1. The summed E-state index contributed by atoms with van der Waals surface area (Å²) < 4.78 is 18.6. The Labute approximate surface area is 149 Å². The Bertz CT molecular complexity index is 534. The average molecular weight is 359 g/mol. The van der Waals surface area contributed by atoms with Crippen molar-refractivity contribution in [2.75, 3.05) is 13.7 Å². The molecule has 6 heteroatoms. The molecule has 1 fully saturated rings. The molecule has 4 nitrogen and oxygen atoms in total. The monoisotopic (exact) mass is 358 g/mol. The van der Waals surface area contributed by atoms with Gasteiger partial charge in [0.15, 0.2) is 0 Å². The number of rotatable bonds is 7. The second-order valence-corrected chi connectivity index (χ2v) is 6.58. The fourth-order valence-electron chi connectivity index (χ4n) is 3.36. The van der Waals surface area contributed by atoms with Crippen molar-refractivity contribution in [3.63, 3.8) is 0 Å². The number of hydrogen-bond acceptors (Lipinski definition) is 3. The molecule has 0 radical (unpaired) electrons. The number of benzene rings is 1. The van der Waals surface area contributed by atoms with Crippen LogP contribution in [0.1, 0.15) is 49.7 Å². The fraction of sp³-hybridized carbons (Fsp3) is 0.611. The molecule has 1 aromatic carbocycles. The molecule has 0 spiro atoms. The summed E-state index contributed by atoms with van der Waals surface area (Å²) in [7, 11) is 1.53. The molecule has 0 heterocycles. The number of nitrogens with two attached hydrogens (primary N) is 1. The lowest BCUT2D eigenvalue weighted by atomic mass is 9.71. The Balaban J connectivity index is 0.00000288. The van der Waals surface area contributed by atoms with Crippen LogP contribution in [0.5, 0.6) is 0 Å². The van der Waals surface area contributed by atoms with Gasteiger partial charge in [0.05, 0.1) is 6.61 Å². The molecular formula is C18H28ClFN2O2. The minimum atomic E-state index is -0.286. The SMILES string of the molecule is COCc1cc(CNC(=O)CC2(CN)CCCCC2)ccc1F.Cl. The van der Waals surface area contributed by atoms with E-state index in [-0.39, 0.29) is 36.2 Å². The second kappa shape index (κ2) is 9.97. The minimum absolute atomic E-state index is 0. The number of nitrogens with one attached hydrogen (secondary N) is 1. The van der Waals surface area contributed by atoms with Gasteiger partial charge in [0.1, 0.15) is 5.82 Å². The Morgan fingerprint density at radius 2 is 2.04 bits per heavy atom. The number of methoxy groups -OCH3 is 1. The number of carbonyl (C=O) groups is 1. The maximum Gasteiger partial charge on any atom is 0.220 e. The Hall–Kier alpha value is -1.17. The smallest absolute Gasteiger partial charge is 0.220 e. The summed E-state index contributed by atoms with van der Waals surface area (Å²) in [4.78, 5) is 12.3. The molecule has 0 aliphatic heterocycles. The second-order valence-electron chi connectivity index (χ2n) is 6.58. The predicted octanol–water partition coefficient (Wildman–Crippen LogP) is 3.31. The van der Waals surface area contributed by atoms with Gasteiger partial charge in [0.2, 0.25) is 5.91 Å². The third kappa shape index (κ3) is 5.72. The van der Waals surface area contributed by atoms with Crippen LogP contribution in [0.4, 0.5) is 4.39 Å². The van der Waals surface area contributed by atoms with E-state index in [2.05, 4.69) is 5.32 Å². The molecule has 1 aliphatic rings. The maximum absolute atomic E-state index is 13.6. The van der Waals surface area contributed by atoms with Gasteiger partial charge >= 0.3 is 0 Å². The van der Waals surface area contributed by atoms with Gasteiger partial charge in [0.25, 0.3) is 0 Å². The van der Waals surface area contributed by atoms with E-state index in [1.54, 1.807) is 12.1 Å². The highest BCUT2D eigenvalue weighted by Crippen LogP contribution is 2.38. The van der Waals surface area contributed by atoms with Crippen LogP contribution in [0.15, 0.2) is 18.2 Å². The van der Waals surface area contributed by atoms with E-state index in [4.69, 9.17) is 10.5 Å². The first-order valence-electron chi connectivity index (χ1n) is 8.31. The Morgan fingerprint density at radius 1 is 1.33 bits per heavy atom. The van der Waals surface area contributed by atoms with Gasteiger partial charge in [-0.05, 0) is 42.5 Å². The van der Waals surface area contributed by atoms with Crippen molar-refractivity contribution in [3.05, 3.63) is 35.1 Å². The van der Waals surface area contributed by atoms with Crippen molar-refractivity contribution in [1.82, 2.24) is 5.32 Å². The molecule has 0 aromatic heterocycles. The number of carbonyl (C=O) groups excluding carboxylic acids is 1. The molecule has 2 rings (SSSR count). The molecule has 24 heavy (non-hydrogen) atoms. The van der Waals surface area contributed by atoms with E-state index >= 15 is 0 Å². The minimum Gasteiger partial charge on any atom is -0.380 e. The lowest BCUT2D eigenvalue weighted by molar-refractivity contribution is -0.124. The lowest BCUT2D eigenvalue weighted by Crippen LogP contribution is -2.38. The number of hydrogen-bond donors (Lipinski definition) is 2. The number of ether oxygens (including phenoxy) is 1. The Kier molecular flexibility index (Phi) is 8.67. The van der Waals surface area contributed by atoms with Gasteiger partial charge in [-0.25, -0.2) is 4.39 Å². The molecule has 0 bridgehead atoms. The molecular weight excluding hydrogens is 331 g/mol. The Morgan fingerprint density at radius 3 is 2.67 bits per heavy atom. The summed E-state index contributed by atoms with van der Waals surface area (Å²) in [6, 6.07) is 4.84. The van der Waals surface area contributed by atoms with Crippen LogP contribution in [-0.2, 0) is 22.7 Å². The normalized spacial score (nSPS) is 16.3. The van der Waals surface area contributed by atoms with Crippen molar-refractivity contribution in [2.45, 2.75) is 51.7 Å². The summed E-state index contributed by atoms with van der Waals surface area (Å²) in [5.74, 6) is -0.263. The van der Waals surface area contributed by atoms with Gasteiger partial charge in [-0.2, -0.15) is 0 Å². The zero-order valence-electron chi connectivity index (χ0n) is 14.3. The summed E-state index contributed by atoms with van der Waals surface area (Å²) in [5, 5.41) is 2.94. The largest absolute Gasteiger partial charge is 0.380 e. The van der Waals surface area contributed by atoms with Crippen LogP contribution in [-0.4, -0.2) is 19.6 Å². The van der Waals surface area contributed by atoms with Gasteiger partial charge in [-0.3, -0.25) is 4.79 Å². The lowest BCUT2D eigenvalue weighted by Gasteiger charge is -2.35. The standard InChI is InChI=1S/C18H27FN2O2.ClH/c1-23-12-15-9-14(5-6-16(15)19)11-21-17(22)10-18(13-20)7-3-2-4-8-18;/h5-6,9H,2-4,7-8,10-13,20H2,1H3,(H,21,22);1H. The molecule has 1 amide bonds. The van der Waals surface area contributed by atoms with Crippen molar-refractivity contribution >= 4 is 18.3 Å². The molecule has 0 saturated heterocycles. The molecule has 0 atom stereocenters. The highest BCUT2D eigenvalue weighted by atomic mass is 35.5. The van der Waals surface area contributed by atoms with Crippen LogP contribution >= 0.6 is 12.4 Å². The first-order chi connectivity index (χ1) is 11.1. The zero-order chi connectivity index (χ0) is 16.7. The van der Waals surface area contributed by atoms with Gasteiger partial charge < -0.3 is 15.8 Å². The highest BCUT2D eigenvalue weighted by molar-refractivity contribution is 5.85. The summed E-state index contributed by atoms with van der Waals surface area (Å²) in [6.45, 7) is 1.19. The highest BCUT2D eigenvalue weighted by Gasteiger charge is 2.32. The van der Waals surface area contributed by atoms with Gasteiger partial charge in [-0.15, -0.1) is 12.4 Å². The van der Waals surface area contributed by atoms with Gasteiger partial charge in [-0.1, -0.05) is 25.3 Å². The van der Waals surface area contributed by atoms with Crippen molar-refractivity contribution in [1.29, 1.82) is 0 Å². The first kappa shape index (κ1) is 20.9. The van der Waals surface area contributed by atoms with Crippen molar-refractivity contribution < 1.29 is 13.9 Å². The van der Waals surface area contributed by atoms with E-state index in [0.29, 0.717) is 25.1 Å². The number of halogens is 2. The van der Waals surface area contributed by atoms with Crippen LogP contribution in [0, 0.1) is 11.2 Å². The topological polar surface area (TPSA) is 64.3 Å². The van der Waals surface area contributed by atoms with E-state index in [0.717, 1.165) is 31.2 Å². The zero-order valence-corrected chi connectivity index (χ0v) is 15.1. The van der Waals surface area contributed by atoms with Crippen LogP contribution in [0.25, 0.3) is 0 Å². The van der Waals surface area contributed by atoms with E-state index in [9.17, 15) is 9.18 Å². The molecule has 1 aromatic rings. The van der Waals surface area contributed by atoms with Gasteiger partial charge in [0, 0.05) is 25.6 Å². The molecule has 1 aliphatic carbocycles. The summed E-state index contributed by atoms with van der Waals surface area (Å²) in [6.07, 6.45) is 6.10. The van der Waals surface area contributed by atoms with Crippen LogP contribution in [0.3, 0.4) is 0 Å². The molecule has 0 unspecified atom stereocenters. The fourth-order valence-corrected chi connectivity index (χ4v) is 3.36. The third-order valence-electron chi connectivity index (χ3n) is 4.78. The predicted molar refractivity (Wildman–Crippen MR) is 95.4 cm³/mol. The maximum atomic E-state index is 13.6. The van der Waals surface area contributed by atoms with Crippen molar-refractivity contribution in [2.24, 2.45) is 11.1 Å². The van der Waals surface area contributed by atoms with E-state index in [1.165, 1.54) is 19.6 Å². The van der Waals surface area contributed by atoms with Crippen molar-refractivity contribution in [3.8, 4) is 0 Å². The average Bonchev–Trinajstić information content (AvgIpc) is 2.56. The first-order valence-corrected chi connectivity index (χ1v) is 8.31. The third-order valence-corrected chi connectivity index (χ3v) is 4.78. The van der Waals surface area contributed by atoms with Crippen LogP contribution < -0.4 is 11.1 Å².